The summed E-state index contributed by atoms with van der Waals surface area (Å²) in [6, 6.07) is 9.51. The van der Waals surface area contributed by atoms with E-state index in [1.165, 1.54) is 0 Å². The van der Waals surface area contributed by atoms with Gasteiger partial charge in [-0.1, -0.05) is 30.3 Å². The van der Waals surface area contributed by atoms with Crippen LogP contribution in [0, 0.1) is 0 Å². The molecule has 1 fully saturated rings. The SMILES string of the molecule is CCn1c(-c2nonc2N)nc2c(-c3ccccc3)ncc(C(=O)N3CCNC(CO)C3)c21.Cl. The zero-order valence-corrected chi connectivity index (χ0v) is 19.3. The van der Waals surface area contributed by atoms with Gasteiger partial charge < -0.3 is 25.6 Å². The number of fused-ring (bicyclic) bond motifs is 1. The van der Waals surface area contributed by atoms with Crippen LogP contribution in [-0.4, -0.2) is 73.0 Å². The minimum Gasteiger partial charge on any atom is -0.395 e. The van der Waals surface area contributed by atoms with Crippen LogP contribution in [0.25, 0.3) is 33.8 Å². The number of carbonyl (C=O) groups excluding carboxylic acids is 1. The van der Waals surface area contributed by atoms with Gasteiger partial charge in [0, 0.05) is 44.0 Å². The van der Waals surface area contributed by atoms with Crippen molar-refractivity contribution in [2.24, 2.45) is 0 Å². The van der Waals surface area contributed by atoms with E-state index in [1.807, 2.05) is 41.8 Å². The van der Waals surface area contributed by atoms with Crippen LogP contribution < -0.4 is 11.1 Å². The number of hydrogen-bond acceptors (Lipinski definition) is 9. The van der Waals surface area contributed by atoms with Gasteiger partial charge >= 0.3 is 0 Å². The lowest BCUT2D eigenvalue weighted by atomic mass is 10.1. The fourth-order valence-electron chi connectivity index (χ4n) is 4.25. The van der Waals surface area contributed by atoms with Crippen molar-refractivity contribution in [3.05, 3.63) is 42.1 Å². The van der Waals surface area contributed by atoms with Crippen LogP contribution in [-0.2, 0) is 6.54 Å². The van der Waals surface area contributed by atoms with Crippen LogP contribution in [0.15, 0.2) is 41.2 Å². The van der Waals surface area contributed by atoms with E-state index in [9.17, 15) is 9.90 Å². The number of nitrogen functional groups attached to an aromatic ring is 1. The lowest BCUT2D eigenvalue weighted by Gasteiger charge is -2.33. The predicted octanol–water partition coefficient (Wildman–Crippen LogP) is 1.58. The van der Waals surface area contributed by atoms with Crippen LogP contribution in [0.1, 0.15) is 17.3 Å². The highest BCUT2D eigenvalue weighted by molar-refractivity contribution is 6.08. The summed E-state index contributed by atoms with van der Waals surface area (Å²) in [7, 11) is 0. The summed E-state index contributed by atoms with van der Waals surface area (Å²) in [4.78, 5) is 24.8. The number of aromatic nitrogens is 5. The molecule has 0 saturated carbocycles. The number of carbonyl (C=O) groups is 1. The second kappa shape index (κ2) is 9.75. The van der Waals surface area contributed by atoms with Gasteiger partial charge in [0.15, 0.2) is 17.3 Å². The molecule has 1 unspecified atom stereocenters. The number of benzene rings is 1. The molecule has 178 valence electrons. The maximum atomic E-state index is 13.6. The maximum absolute atomic E-state index is 13.6. The number of aryl methyl sites for hydroxylation is 1. The van der Waals surface area contributed by atoms with E-state index in [-0.39, 0.29) is 36.8 Å². The van der Waals surface area contributed by atoms with Gasteiger partial charge in [-0.15, -0.1) is 12.4 Å². The van der Waals surface area contributed by atoms with Gasteiger partial charge in [-0.25, -0.2) is 9.61 Å². The first-order valence-electron chi connectivity index (χ1n) is 10.8. The lowest BCUT2D eigenvalue weighted by molar-refractivity contribution is 0.0672. The third-order valence-corrected chi connectivity index (χ3v) is 5.85. The first-order valence-corrected chi connectivity index (χ1v) is 10.8. The molecule has 34 heavy (non-hydrogen) atoms. The number of nitrogens with zero attached hydrogens (tertiary/aromatic N) is 6. The number of anilines is 1. The van der Waals surface area contributed by atoms with Crippen molar-refractivity contribution in [3.8, 4) is 22.8 Å². The molecule has 4 heterocycles. The molecular formula is C22H25ClN8O3. The Bertz CT molecular complexity index is 1310. The first kappa shape index (κ1) is 23.6. The minimum atomic E-state index is -0.167. The topological polar surface area (TPSA) is 148 Å². The first-order chi connectivity index (χ1) is 16.1. The summed E-state index contributed by atoms with van der Waals surface area (Å²) in [5.74, 6) is 0.411. The van der Waals surface area contributed by atoms with Crippen LogP contribution in [0.5, 0.6) is 0 Å². The molecular weight excluding hydrogens is 460 g/mol. The van der Waals surface area contributed by atoms with Crippen LogP contribution >= 0.6 is 12.4 Å². The van der Waals surface area contributed by atoms with Crippen molar-refractivity contribution < 1.29 is 14.5 Å². The van der Waals surface area contributed by atoms with E-state index in [1.54, 1.807) is 11.1 Å². The van der Waals surface area contributed by atoms with Crippen molar-refractivity contribution in [2.45, 2.75) is 19.5 Å². The number of aliphatic hydroxyl groups excluding tert-OH is 1. The Labute approximate surface area is 201 Å². The van der Waals surface area contributed by atoms with Crippen LogP contribution in [0.2, 0.25) is 0 Å². The van der Waals surface area contributed by atoms with E-state index >= 15 is 0 Å². The molecule has 11 nitrogen and oxygen atoms in total. The van der Waals surface area contributed by atoms with Crippen molar-refractivity contribution in [2.75, 3.05) is 32.0 Å². The molecule has 0 radical (unpaired) electrons. The van der Waals surface area contributed by atoms with Crippen molar-refractivity contribution >= 4 is 35.2 Å². The minimum absolute atomic E-state index is 0. The van der Waals surface area contributed by atoms with E-state index in [0.29, 0.717) is 60.0 Å². The molecule has 1 aliphatic heterocycles. The third kappa shape index (κ3) is 3.98. The van der Waals surface area contributed by atoms with Gasteiger partial charge in [-0.05, 0) is 17.2 Å². The van der Waals surface area contributed by atoms with E-state index in [2.05, 4.69) is 20.6 Å². The third-order valence-electron chi connectivity index (χ3n) is 5.85. The number of pyridine rings is 1. The maximum Gasteiger partial charge on any atom is 0.257 e. The molecule has 4 aromatic rings. The van der Waals surface area contributed by atoms with Gasteiger partial charge in [0.05, 0.1) is 23.4 Å². The van der Waals surface area contributed by atoms with Crippen molar-refractivity contribution in [1.29, 1.82) is 0 Å². The van der Waals surface area contributed by atoms with Crippen molar-refractivity contribution in [3.63, 3.8) is 0 Å². The summed E-state index contributed by atoms with van der Waals surface area (Å²) < 4.78 is 6.69. The number of halogens is 1. The van der Waals surface area contributed by atoms with Gasteiger partial charge in [-0.2, -0.15) is 0 Å². The fourth-order valence-corrected chi connectivity index (χ4v) is 4.25. The highest BCUT2D eigenvalue weighted by Crippen LogP contribution is 2.34. The molecule has 1 aliphatic rings. The quantitative estimate of drug-likeness (QED) is 0.383. The fraction of sp³-hybridized carbons (Fsp3) is 0.318. The monoisotopic (exact) mass is 484 g/mol. The Kier molecular flexibility index (Phi) is 6.77. The van der Waals surface area contributed by atoms with Crippen LogP contribution in [0.3, 0.4) is 0 Å². The zero-order valence-electron chi connectivity index (χ0n) is 18.5. The van der Waals surface area contributed by atoms with Gasteiger partial charge in [0.25, 0.3) is 5.91 Å². The number of amides is 1. The number of hydrogen-bond donors (Lipinski definition) is 3. The number of nitrogens with one attached hydrogen (secondary N) is 1. The Hall–Kier alpha value is -3.54. The summed E-state index contributed by atoms with van der Waals surface area (Å²) in [6.45, 7) is 3.97. The largest absolute Gasteiger partial charge is 0.395 e. The highest BCUT2D eigenvalue weighted by atomic mass is 35.5. The standard InChI is InChI=1S/C22H24N8O3.ClH/c1-2-30-19-15(22(32)29-9-8-24-14(11-29)12-31)10-25-16(13-6-4-3-5-7-13)17(19)26-21(30)18-20(23)28-33-27-18;/h3-7,10,14,24,31H,2,8-9,11-12H2,1H3,(H2,23,28);1H. The molecule has 1 saturated heterocycles. The highest BCUT2D eigenvalue weighted by Gasteiger charge is 2.29. The molecule has 0 bridgehead atoms. The number of piperazine rings is 1. The van der Waals surface area contributed by atoms with E-state index in [4.69, 9.17) is 15.3 Å². The molecule has 1 amide bonds. The molecule has 0 aliphatic carbocycles. The Morgan fingerprint density at radius 1 is 1.26 bits per heavy atom. The Morgan fingerprint density at radius 2 is 2.06 bits per heavy atom. The zero-order chi connectivity index (χ0) is 22.9. The average Bonchev–Trinajstić information content (AvgIpc) is 3.46. The second-order valence-corrected chi connectivity index (χ2v) is 7.85. The number of rotatable bonds is 5. The summed E-state index contributed by atoms with van der Waals surface area (Å²) >= 11 is 0. The van der Waals surface area contributed by atoms with Gasteiger partial charge in [0.2, 0.25) is 0 Å². The second-order valence-electron chi connectivity index (χ2n) is 7.85. The lowest BCUT2D eigenvalue weighted by Crippen LogP contribution is -2.54. The molecule has 0 spiro atoms. The summed E-state index contributed by atoms with van der Waals surface area (Å²) in [6.07, 6.45) is 1.60. The number of aliphatic hydroxyl groups is 1. The Balaban J connectivity index is 0.00000274. The Morgan fingerprint density at radius 3 is 2.74 bits per heavy atom. The van der Waals surface area contributed by atoms with E-state index in [0.717, 1.165) is 5.56 Å². The molecule has 12 heteroatoms. The van der Waals surface area contributed by atoms with Gasteiger partial charge in [-0.3, -0.25) is 9.78 Å². The van der Waals surface area contributed by atoms with Crippen molar-refractivity contribution in [1.82, 2.24) is 35.1 Å². The number of imidazole rings is 1. The molecule has 4 N–H and O–H groups in total. The number of nitrogens with two attached hydrogens (primary N) is 1. The normalized spacial score (nSPS) is 15.9. The summed E-state index contributed by atoms with van der Waals surface area (Å²) in [5, 5.41) is 20.4. The van der Waals surface area contributed by atoms with Crippen LogP contribution in [0.4, 0.5) is 5.82 Å². The molecule has 3 aromatic heterocycles. The van der Waals surface area contributed by atoms with Gasteiger partial charge in [0.1, 0.15) is 5.52 Å². The van der Waals surface area contributed by atoms with E-state index < -0.39 is 0 Å². The average molecular weight is 485 g/mol. The predicted molar refractivity (Wildman–Crippen MR) is 128 cm³/mol. The molecule has 1 aromatic carbocycles. The molecule has 5 rings (SSSR count). The summed E-state index contributed by atoms with van der Waals surface area (Å²) in [5.41, 5.74) is 9.46. The molecule has 1 atom stereocenters. The smallest absolute Gasteiger partial charge is 0.257 e.